The number of aryl methyl sites for hydroxylation is 1. The number of hydrogen-bond acceptors (Lipinski definition) is 3. The highest BCUT2D eigenvalue weighted by Crippen LogP contribution is 2.31. The van der Waals surface area contributed by atoms with Gasteiger partial charge in [0.1, 0.15) is 4.83 Å². The zero-order valence-electron chi connectivity index (χ0n) is 12.6. The van der Waals surface area contributed by atoms with E-state index in [1.54, 1.807) is 11.5 Å². The molecule has 4 aromatic rings. The Kier molecular flexibility index (Phi) is 3.93. The van der Waals surface area contributed by atoms with Crippen LogP contribution in [0.15, 0.2) is 60.8 Å². The lowest BCUT2D eigenvalue weighted by molar-refractivity contribution is 0.785. The van der Waals surface area contributed by atoms with Gasteiger partial charge in [-0.3, -0.25) is 0 Å². The summed E-state index contributed by atoms with van der Waals surface area (Å²) in [4.78, 5) is 2.35. The fraction of sp³-hybridized carbons (Fsp3) is 0.158. The predicted octanol–water partition coefficient (Wildman–Crippen LogP) is 5.25. The molecule has 0 atom stereocenters. The van der Waals surface area contributed by atoms with Crippen LogP contribution in [0.5, 0.6) is 0 Å². The maximum absolute atomic E-state index is 5.61. The molecule has 0 N–H and O–H groups in total. The van der Waals surface area contributed by atoms with E-state index in [1.807, 2.05) is 12.3 Å². The summed E-state index contributed by atoms with van der Waals surface area (Å²) in [6.45, 7) is 0.915. The number of aromatic nitrogens is 2. The lowest BCUT2D eigenvalue weighted by Gasteiger charge is -2.08. The van der Waals surface area contributed by atoms with Crippen LogP contribution in [0.25, 0.3) is 21.1 Å². The Bertz CT molecular complexity index is 967. The molecule has 2 heterocycles. The van der Waals surface area contributed by atoms with E-state index in [9.17, 15) is 0 Å². The third-order valence-electron chi connectivity index (χ3n) is 4.14. The predicted molar refractivity (Wildman–Crippen MR) is 102 cm³/mol. The largest absolute Gasteiger partial charge is 0.331 e. The van der Waals surface area contributed by atoms with Crippen molar-refractivity contribution in [3.05, 3.63) is 66.4 Å². The van der Waals surface area contributed by atoms with Crippen LogP contribution >= 0.6 is 23.8 Å². The standard InChI is InChI=1S/C19H16N2S2/c22-15(12-14-6-2-1-3-7-14)10-11-21-18-9-5-4-8-16(18)17-13-20-23-19(17)21/h1-9,13H,10-12H2. The van der Waals surface area contributed by atoms with Gasteiger partial charge in [0.05, 0.1) is 6.20 Å². The van der Waals surface area contributed by atoms with Gasteiger partial charge in [-0.15, -0.1) is 0 Å². The maximum atomic E-state index is 5.61. The molecular formula is C19H16N2S2. The van der Waals surface area contributed by atoms with E-state index in [1.165, 1.54) is 26.7 Å². The summed E-state index contributed by atoms with van der Waals surface area (Å²) in [6.07, 6.45) is 3.76. The van der Waals surface area contributed by atoms with Crippen molar-refractivity contribution in [2.24, 2.45) is 0 Å². The van der Waals surface area contributed by atoms with E-state index in [-0.39, 0.29) is 0 Å². The zero-order chi connectivity index (χ0) is 15.6. The molecule has 0 saturated carbocycles. The quantitative estimate of drug-likeness (QED) is 0.463. The third kappa shape index (κ3) is 2.80. The molecule has 0 radical (unpaired) electrons. The second-order valence-corrected chi connectivity index (χ2v) is 7.02. The fourth-order valence-electron chi connectivity index (χ4n) is 3.03. The number of hydrogen-bond donors (Lipinski definition) is 0. The Balaban J connectivity index is 1.57. The van der Waals surface area contributed by atoms with Gasteiger partial charge in [0.2, 0.25) is 0 Å². The van der Waals surface area contributed by atoms with Gasteiger partial charge in [-0.2, -0.15) is 4.37 Å². The summed E-state index contributed by atoms with van der Waals surface area (Å²) in [7, 11) is 0. The van der Waals surface area contributed by atoms with Gasteiger partial charge >= 0.3 is 0 Å². The molecule has 0 fully saturated rings. The highest BCUT2D eigenvalue weighted by Gasteiger charge is 2.12. The molecule has 0 aliphatic carbocycles. The van der Waals surface area contributed by atoms with Crippen molar-refractivity contribution in [3.63, 3.8) is 0 Å². The van der Waals surface area contributed by atoms with Gasteiger partial charge < -0.3 is 4.57 Å². The Hall–Kier alpha value is -2.04. The van der Waals surface area contributed by atoms with Crippen LogP contribution in [-0.4, -0.2) is 13.8 Å². The van der Waals surface area contributed by atoms with E-state index in [4.69, 9.17) is 12.2 Å². The van der Waals surface area contributed by atoms with Crippen LogP contribution in [0, 0.1) is 0 Å². The Morgan fingerprint density at radius 1 is 1.00 bits per heavy atom. The van der Waals surface area contributed by atoms with Gasteiger partial charge in [0.15, 0.2) is 0 Å². The van der Waals surface area contributed by atoms with Crippen LogP contribution in [0.2, 0.25) is 0 Å². The molecule has 0 bridgehead atoms. The van der Waals surface area contributed by atoms with Crippen molar-refractivity contribution in [3.8, 4) is 0 Å². The summed E-state index contributed by atoms with van der Waals surface area (Å²) in [5, 5.41) is 2.53. The minimum absolute atomic E-state index is 0.876. The van der Waals surface area contributed by atoms with E-state index in [0.717, 1.165) is 24.3 Å². The van der Waals surface area contributed by atoms with E-state index >= 15 is 0 Å². The molecule has 2 aromatic carbocycles. The van der Waals surface area contributed by atoms with Gasteiger partial charge in [-0.05, 0) is 34.4 Å². The van der Waals surface area contributed by atoms with Crippen molar-refractivity contribution >= 4 is 49.7 Å². The summed E-state index contributed by atoms with van der Waals surface area (Å²) in [5.41, 5.74) is 2.57. The molecule has 0 unspecified atom stereocenters. The molecule has 0 aliphatic rings. The normalized spacial score (nSPS) is 11.3. The van der Waals surface area contributed by atoms with Gasteiger partial charge in [0.25, 0.3) is 0 Å². The molecular weight excluding hydrogens is 320 g/mol. The second kappa shape index (κ2) is 6.22. The molecule has 2 aromatic heterocycles. The lowest BCUT2D eigenvalue weighted by Crippen LogP contribution is -2.06. The zero-order valence-corrected chi connectivity index (χ0v) is 14.2. The fourth-order valence-corrected chi connectivity index (χ4v) is 4.09. The molecule has 23 heavy (non-hydrogen) atoms. The highest BCUT2D eigenvalue weighted by molar-refractivity contribution is 7.80. The number of fused-ring (bicyclic) bond motifs is 3. The molecule has 0 amide bonds. The summed E-state index contributed by atoms with van der Waals surface area (Å²) in [5.74, 6) is 0. The first-order chi connectivity index (χ1) is 11.3. The minimum Gasteiger partial charge on any atom is -0.331 e. The molecule has 0 spiro atoms. The highest BCUT2D eigenvalue weighted by atomic mass is 32.1. The van der Waals surface area contributed by atoms with E-state index < -0.39 is 0 Å². The second-order valence-electron chi connectivity index (χ2n) is 5.66. The first-order valence-electron chi connectivity index (χ1n) is 7.70. The van der Waals surface area contributed by atoms with Crippen molar-refractivity contribution in [2.75, 3.05) is 0 Å². The van der Waals surface area contributed by atoms with Crippen molar-refractivity contribution in [1.29, 1.82) is 0 Å². The first kappa shape index (κ1) is 14.5. The average molecular weight is 336 g/mol. The average Bonchev–Trinajstić information content (AvgIpc) is 3.15. The van der Waals surface area contributed by atoms with Crippen molar-refractivity contribution in [1.82, 2.24) is 8.94 Å². The number of benzene rings is 2. The summed E-state index contributed by atoms with van der Waals surface area (Å²) in [6, 6.07) is 19.0. The number of thiocarbonyl (C=S) groups is 1. The SMILES string of the molecule is S=C(CCn1c2ccccc2c2cnsc21)Cc1ccccc1. The first-order valence-corrected chi connectivity index (χ1v) is 8.88. The Morgan fingerprint density at radius 2 is 1.78 bits per heavy atom. The Labute approximate surface area is 144 Å². The molecule has 4 rings (SSSR count). The summed E-state index contributed by atoms with van der Waals surface area (Å²) >= 11 is 7.17. The topological polar surface area (TPSA) is 17.8 Å². The van der Waals surface area contributed by atoms with E-state index in [0.29, 0.717) is 0 Å². The minimum atomic E-state index is 0.876. The van der Waals surface area contributed by atoms with Crippen LogP contribution < -0.4 is 0 Å². The number of rotatable bonds is 5. The van der Waals surface area contributed by atoms with Crippen LogP contribution in [0.4, 0.5) is 0 Å². The monoisotopic (exact) mass is 336 g/mol. The van der Waals surface area contributed by atoms with Crippen LogP contribution in [0.3, 0.4) is 0 Å². The number of nitrogens with zero attached hydrogens (tertiary/aromatic N) is 2. The molecule has 2 nitrogen and oxygen atoms in total. The van der Waals surface area contributed by atoms with Gasteiger partial charge in [-0.1, -0.05) is 60.7 Å². The van der Waals surface area contributed by atoms with Crippen molar-refractivity contribution in [2.45, 2.75) is 19.4 Å². The molecule has 114 valence electrons. The number of para-hydroxylation sites is 1. The smallest absolute Gasteiger partial charge is 0.124 e. The van der Waals surface area contributed by atoms with Crippen LogP contribution in [-0.2, 0) is 13.0 Å². The molecule has 0 aliphatic heterocycles. The Morgan fingerprint density at radius 3 is 2.65 bits per heavy atom. The molecule has 0 saturated heterocycles. The maximum Gasteiger partial charge on any atom is 0.124 e. The lowest BCUT2D eigenvalue weighted by atomic mass is 10.1. The van der Waals surface area contributed by atoms with Crippen LogP contribution in [0.1, 0.15) is 12.0 Å². The van der Waals surface area contributed by atoms with E-state index in [2.05, 4.69) is 57.5 Å². The van der Waals surface area contributed by atoms with Crippen molar-refractivity contribution < 1.29 is 0 Å². The van der Waals surface area contributed by atoms with Gasteiger partial charge in [0, 0.05) is 29.3 Å². The third-order valence-corrected chi connectivity index (χ3v) is 5.31. The molecule has 4 heteroatoms. The van der Waals surface area contributed by atoms with Gasteiger partial charge in [-0.25, -0.2) is 0 Å². The summed E-state index contributed by atoms with van der Waals surface area (Å²) < 4.78 is 6.72.